The normalized spacial score (nSPS) is 20.5. The molecule has 0 radical (unpaired) electrons. The second-order valence-corrected chi connectivity index (χ2v) is 6.60. The number of aromatic amines is 1. The molecule has 0 atom stereocenters. The average molecular weight is 335 g/mol. The second-order valence-electron chi connectivity index (χ2n) is 6.60. The first-order valence-electron chi connectivity index (χ1n) is 8.66. The third kappa shape index (κ3) is 3.13. The number of carbonyl (C=O) groups is 1. The third-order valence-electron chi connectivity index (χ3n) is 4.86. The van der Waals surface area contributed by atoms with Gasteiger partial charge in [0.05, 0.1) is 10.9 Å². The van der Waals surface area contributed by atoms with E-state index in [1.54, 1.807) is 6.20 Å². The highest BCUT2D eigenvalue weighted by molar-refractivity contribution is 6.17. The Kier molecular flexibility index (Phi) is 4.19. The van der Waals surface area contributed by atoms with Gasteiger partial charge in [0.2, 0.25) is 0 Å². The van der Waals surface area contributed by atoms with Crippen molar-refractivity contribution in [2.24, 2.45) is 5.73 Å². The molecule has 6 heteroatoms. The quantitative estimate of drug-likeness (QED) is 0.637. The van der Waals surface area contributed by atoms with Gasteiger partial charge in [-0.1, -0.05) is 30.3 Å². The van der Waals surface area contributed by atoms with E-state index in [0.717, 1.165) is 31.1 Å². The maximum absolute atomic E-state index is 12.9. The molecule has 0 unspecified atom stereocenters. The summed E-state index contributed by atoms with van der Waals surface area (Å²) >= 11 is 0. The Hall–Kier alpha value is -2.73. The van der Waals surface area contributed by atoms with Crippen molar-refractivity contribution >= 4 is 22.6 Å². The number of nitrogens with one attached hydrogen (secondary N) is 2. The van der Waals surface area contributed by atoms with Crippen molar-refractivity contribution in [3.05, 3.63) is 54.0 Å². The van der Waals surface area contributed by atoms with Gasteiger partial charge in [-0.25, -0.2) is 9.97 Å². The molecule has 0 bridgehead atoms. The highest BCUT2D eigenvalue weighted by Gasteiger charge is 2.22. The second kappa shape index (κ2) is 6.64. The molecule has 0 saturated heterocycles. The van der Waals surface area contributed by atoms with Crippen LogP contribution in [0, 0.1) is 0 Å². The summed E-state index contributed by atoms with van der Waals surface area (Å²) in [5.74, 6) is 0.682. The number of ketones is 1. The smallest absolute Gasteiger partial charge is 0.195 e. The number of rotatable bonds is 4. The van der Waals surface area contributed by atoms with E-state index in [4.69, 9.17) is 5.73 Å². The number of aromatic nitrogens is 3. The Balaban J connectivity index is 1.68. The highest BCUT2D eigenvalue weighted by Crippen LogP contribution is 2.28. The summed E-state index contributed by atoms with van der Waals surface area (Å²) in [6.07, 6.45) is 7.28. The van der Waals surface area contributed by atoms with Crippen LogP contribution in [0.25, 0.3) is 11.0 Å². The Morgan fingerprint density at radius 3 is 2.64 bits per heavy atom. The fourth-order valence-electron chi connectivity index (χ4n) is 3.45. The van der Waals surface area contributed by atoms with Crippen LogP contribution < -0.4 is 11.1 Å². The first kappa shape index (κ1) is 15.8. The van der Waals surface area contributed by atoms with Crippen LogP contribution in [0.1, 0.15) is 41.6 Å². The molecule has 1 aliphatic carbocycles. The van der Waals surface area contributed by atoms with E-state index in [1.165, 1.54) is 6.33 Å². The Morgan fingerprint density at radius 1 is 1.12 bits per heavy atom. The van der Waals surface area contributed by atoms with Gasteiger partial charge in [0.1, 0.15) is 17.8 Å². The van der Waals surface area contributed by atoms with E-state index in [0.29, 0.717) is 34.7 Å². The largest absolute Gasteiger partial charge is 0.367 e. The maximum Gasteiger partial charge on any atom is 0.195 e. The number of anilines is 1. The molecule has 1 fully saturated rings. The first-order chi connectivity index (χ1) is 12.2. The standard InChI is InChI=1S/C19H21N5O/c20-13-6-8-14(9-7-13)24-19-16-15(10-21-18(16)22-11-23-19)17(25)12-4-2-1-3-5-12/h1-5,10-11,13-14H,6-9,20H2,(H2,21,22,23,24). The highest BCUT2D eigenvalue weighted by atomic mass is 16.1. The zero-order valence-electron chi connectivity index (χ0n) is 13.9. The molecule has 1 saturated carbocycles. The monoisotopic (exact) mass is 335 g/mol. The molecular formula is C19H21N5O. The molecule has 0 spiro atoms. The molecule has 0 aliphatic heterocycles. The summed E-state index contributed by atoms with van der Waals surface area (Å²) in [7, 11) is 0. The van der Waals surface area contributed by atoms with E-state index in [-0.39, 0.29) is 5.78 Å². The van der Waals surface area contributed by atoms with E-state index < -0.39 is 0 Å². The third-order valence-corrected chi connectivity index (χ3v) is 4.86. The zero-order chi connectivity index (χ0) is 17.2. The van der Waals surface area contributed by atoms with Gasteiger partial charge in [-0.3, -0.25) is 4.79 Å². The summed E-state index contributed by atoms with van der Waals surface area (Å²) in [6.45, 7) is 0. The van der Waals surface area contributed by atoms with E-state index in [1.807, 2.05) is 30.3 Å². The van der Waals surface area contributed by atoms with Gasteiger partial charge in [0.15, 0.2) is 5.78 Å². The van der Waals surface area contributed by atoms with Crippen molar-refractivity contribution in [1.82, 2.24) is 15.0 Å². The summed E-state index contributed by atoms with van der Waals surface area (Å²) < 4.78 is 0. The topological polar surface area (TPSA) is 96.7 Å². The summed E-state index contributed by atoms with van der Waals surface area (Å²) in [4.78, 5) is 24.6. The van der Waals surface area contributed by atoms with E-state index in [2.05, 4.69) is 20.3 Å². The number of benzene rings is 1. The molecule has 0 amide bonds. The lowest BCUT2D eigenvalue weighted by atomic mass is 9.92. The van der Waals surface area contributed by atoms with Crippen molar-refractivity contribution in [3.63, 3.8) is 0 Å². The molecule has 4 N–H and O–H groups in total. The van der Waals surface area contributed by atoms with Crippen LogP contribution in [0.15, 0.2) is 42.9 Å². The van der Waals surface area contributed by atoms with Gasteiger partial charge in [0, 0.05) is 23.8 Å². The summed E-state index contributed by atoms with van der Waals surface area (Å²) in [6, 6.07) is 9.89. The molecule has 2 aromatic heterocycles. The number of hydrogen-bond donors (Lipinski definition) is 3. The van der Waals surface area contributed by atoms with Crippen molar-refractivity contribution in [2.45, 2.75) is 37.8 Å². The number of H-pyrrole nitrogens is 1. The van der Waals surface area contributed by atoms with E-state index in [9.17, 15) is 4.79 Å². The van der Waals surface area contributed by atoms with Gasteiger partial charge < -0.3 is 16.0 Å². The molecule has 1 aromatic carbocycles. The van der Waals surface area contributed by atoms with Crippen molar-refractivity contribution in [2.75, 3.05) is 5.32 Å². The summed E-state index contributed by atoms with van der Waals surface area (Å²) in [5, 5.41) is 4.25. The lowest BCUT2D eigenvalue weighted by Crippen LogP contribution is -2.33. The van der Waals surface area contributed by atoms with Crippen molar-refractivity contribution in [1.29, 1.82) is 0 Å². The fourth-order valence-corrected chi connectivity index (χ4v) is 3.45. The van der Waals surface area contributed by atoms with Crippen LogP contribution in [-0.4, -0.2) is 32.8 Å². The van der Waals surface area contributed by atoms with Crippen LogP contribution >= 0.6 is 0 Å². The number of hydrogen-bond acceptors (Lipinski definition) is 5. The van der Waals surface area contributed by atoms with Gasteiger partial charge in [-0.15, -0.1) is 0 Å². The Bertz CT molecular complexity index is 881. The van der Waals surface area contributed by atoms with Gasteiger partial charge >= 0.3 is 0 Å². The minimum atomic E-state index is -0.0321. The molecule has 6 nitrogen and oxygen atoms in total. The Labute approximate surface area is 145 Å². The number of carbonyl (C=O) groups excluding carboxylic acids is 1. The van der Waals surface area contributed by atoms with Gasteiger partial charge in [-0.2, -0.15) is 0 Å². The fraction of sp³-hybridized carbons (Fsp3) is 0.316. The minimum Gasteiger partial charge on any atom is -0.367 e. The predicted octanol–water partition coefficient (Wildman–Crippen LogP) is 2.87. The zero-order valence-corrected chi connectivity index (χ0v) is 13.9. The average Bonchev–Trinajstić information content (AvgIpc) is 3.09. The van der Waals surface area contributed by atoms with Crippen molar-refractivity contribution in [3.8, 4) is 0 Å². The minimum absolute atomic E-state index is 0.0321. The van der Waals surface area contributed by atoms with Crippen molar-refractivity contribution < 1.29 is 4.79 Å². The molecule has 4 rings (SSSR count). The van der Waals surface area contributed by atoms with Crippen LogP contribution in [0.4, 0.5) is 5.82 Å². The van der Waals surface area contributed by atoms with Crippen LogP contribution in [0.2, 0.25) is 0 Å². The van der Waals surface area contributed by atoms with E-state index >= 15 is 0 Å². The van der Waals surface area contributed by atoms with Crippen LogP contribution in [0.5, 0.6) is 0 Å². The molecule has 2 heterocycles. The number of nitrogens with zero attached hydrogens (tertiary/aromatic N) is 2. The lowest BCUT2D eigenvalue weighted by Gasteiger charge is -2.27. The Morgan fingerprint density at radius 2 is 1.88 bits per heavy atom. The SMILES string of the molecule is NC1CCC(Nc2ncnc3[nH]cc(C(=O)c4ccccc4)c23)CC1. The summed E-state index contributed by atoms with van der Waals surface area (Å²) in [5.41, 5.74) is 7.91. The maximum atomic E-state index is 12.9. The van der Waals surface area contributed by atoms with Gasteiger partial charge in [0.25, 0.3) is 0 Å². The van der Waals surface area contributed by atoms with Crippen LogP contribution in [0.3, 0.4) is 0 Å². The first-order valence-corrected chi connectivity index (χ1v) is 8.66. The van der Waals surface area contributed by atoms with Gasteiger partial charge in [-0.05, 0) is 25.7 Å². The molecule has 128 valence electrons. The molecule has 1 aliphatic rings. The molecular weight excluding hydrogens is 314 g/mol. The predicted molar refractivity (Wildman–Crippen MR) is 97.6 cm³/mol. The molecule has 3 aromatic rings. The lowest BCUT2D eigenvalue weighted by molar-refractivity contribution is 0.104. The van der Waals surface area contributed by atoms with Crippen LogP contribution in [-0.2, 0) is 0 Å². The number of fused-ring (bicyclic) bond motifs is 1. The molecule has 25 heavy (non-hydrogen) atoms. The number of nitrogens with two attached hydrogens (primary N) is 1.